The van der Waals surface area contributed by atoms with Crippen molar-refractivity contribution in [3.8, 4) is 11.5 Å². The zero-order chi connectivity index (χ0) is 23.4. The van der Waals surface area contributed by atoms with Gasteiger partial charge in [0, 0.05) is 30.0 Å². The van der Waals surface area contributed by atoms with Gasteiger partial charge >= 0.3 is 0 Å². The molecular formula is C30H39N2O2+. The number of quaternary nitrogens is 1. The predicted molar refractivity (Wildman–Crippen MR) is 137 cm³/mol. The molecule has 5 rings (SSSR count). The molecule has 0 bridgehead atoms. The lowest BCUT2D eigenvalue weighted by Gasteiger charge is -2.41. The van der Waals surface area contributed by atoms with Crippen LogP contribution in [0.4, 0.5) is 0 Å². The summed E-state index contributed by atoms with van der Waals surface area (Å²) in [6.45, 7) is 3.44. The summed E-state index contributed by atoms with van der Waals surface area (Å²) in [6, 6.07) is 16.1. The molecule has 1 amide bonds. The third-order valence-corrected chi connectivity index (χ3v) is 8.04. The minimum atomic E-state index is -0.312. The van der Waals surface area contributed by atoms with E-state index in [9.17, 15) is 4.79 Å². The van der Waals surface area contributed by atoms with E-state index in [1.165, 1.54) is 51.5 Å². The lowest BCUT2D eigenvalue weighted by atomic mass is 9.86. The highest BCUT2D eigenvalue weighted by Gasteiger charge is 2.36. The summed E-state index contributed by atoms with van der Waals surface area (Å²) in [5.41, 5.74) is 3.59. The number of amides is 1. The van der Waals surface area contributed by atoms with Crippen LogP contribution in [0.1, 0.15) is 74.8 Å². The Morgan fingerprint density at radius 1 is 0.912 bits per heavy atom. The number of piperidine rings is 1. The largest absolute Gasteiger partial charge is 0.457 e. The van der Waals surface area contributed by atoms with Gasteiger partial charge < -0.3 is 14.5 Å². The summed E-state index contributed by atoms with van der Waals surface area (Å²) in [5.74, 6) is 1.37. The van der Waals surface area contributed by atoms with Crippen LogP contribution >= 0.6 is 0 Å². The molecule has 2 aromatic carbocycles. The van der Waals surface area contributed by atoms with Crippen LogP contribution in [0.2, 0.25) is 0 Å². The highest BCUT2D eigenvalue weighted by molar-refractivity contribution is 5.89. The number of nitrogens with one attached hydrogen (secondary N) is 1. The van der Waals surface area contributed by atoms with Crippen molar-refractivity contribution in [1.82, 2.24) is 5.32 Å². The van der Waals surface area contributed by atoms with Gasteiger partial charge in [-0.05, 0) is 43.4 Å². The maximum absolute atomic E-state index is 13.6. The Balaban J connectivity index is 1.23. The van der Waals surface area contributed by atoms with Gasteiger partial charge in [-0.2, -0.15) is 0 Å². The number of hydrogen-bond acceptors (Lipinski definition) is 2. The van der Waals surface area contributed by atoms with Crippen LogP contribution < -0.4 is 10.1 Å². The molecule has 1 N–H and O–H groups in total. The molecule has 2 heterocycles. The van der Waals surface area contributed by atoms with Crippen molar-refractivity contribution < 1.29 is 14.0 Å². The fourth-order valence-corrected chi connectivity index (χ4v) is 6.04. The Morgan fingerprint density at radius 2 is 1.53 bits per heavy atom. The molecule has 0 aromatic heterocycles. The van der Waals surface area contributed by atoms with Crippen LogP contribution in [0.5, 0.6) is 11.5 Å². The zero-order valence-electron chi connectivity index (χ0n) is 20.6. The van der Waals surface area contributed by atoms with Crippen molar-refractivity contribution in [3.63, 3.8) is 0 Å². The van der Waals surface area contributed by atoms with Crippen LogP contribution in [0.15, 0.2) is 60.2 Å². The summed E-state index contributed by atoms with van der Waals surface area (Å²) in [7, 11) is 2.41. The number of carbonyl (C=O) groups excluding carboxylic acids is 1. The molecule has 1 aliphatic carbocycles. The van der Waals surface area contributed by atoms with Crippen molar-refractivity contribution in [1.29, 1.82) is 0 Å². The Hall–Kier alpha value is -2.59. The van der Waals surface area contributed by atoms with E-state index in [4.69, 9.17) is 4.74 Å². The fourth-order valence-electron chi connectivity index (χ4n) is 6.04. The zero-order valence-corrected chi connectivity index (χ0v) is 20.6. The summed E-state index contributed by atoms with van der Waals surface area (Å²) in [6.07, 6.45) is 14.0. The van der Waals surface area contributed by atoms with Gasteiger partial charge in [0.15, 0.2) is 0 Å². The summed E-state index contributed by atoms with van der Waals surface area (Å²) in [5, 5.41) is 3.42. The SMILES string of the molecule is C[N+]1(CC2=CCCCCCCC2)CCC(NC(=O)C2c3ccccc3Oc3ccccc32)CC1. The molecule has 1 fully saturated rings. The molecule has 0 unspecified atom stereocenters. The number of hydrogen-bond donors (Lipinski definition) is 1. The van der Waals surface area contributed by atoms with Crippen LogP contribution in [0.25, 0.3) is 0 Å². The second-order valence-electron chi connectivity index (χ2n) is 10.8. The summed E-state index contributed by atoms with van der Waals surface area (Å²) in [4.78, 5) is 13.6. The standard InChI is InChI=1S/C30H38N2O2/c1-32(22-23-12-6-4-2-3-5-7-13-23)20-18-24(19-21-32)31-30(33)29-25-14-8-10-16-27(25)34-28-17-11-9-15-26(28)29/h8-12,14-17,24,29H,2-7,13,18-22H2,1H3/p+1. The van der Waals surface area contributed by atoms with E-state index in [1.807, 2.05) is 48.5 Å². The molecule has 0 saturated carbocycles. The number of benzene rings is 2. The lowest BCUT2D eigenvalue weighted by Crippen LogP contribution is -2.55. The second-order valence-corrected chi connectivity index (χ2v) is 10.8. The molecule has 0 spiro atoms. The van der Waals surface area contributed by atoms with Gasteiger partial charge in [0.05, 0.1) is 26.1 Å². The monoisotopic (exact) mass is 459 g/mol. The van der Waals surface area contributed by atoms with E-state index in [-0.39, 0.29) is 17.9 Å². The lowest BCUT2D eigenvalue weighted by molar-refractivity contribution is -0.910. The average Bonchev–Trinajstić information content (AvgIpc) is 2.98. The molecule has 1 saturated heterocycles. The predicted octanol–water partition coefficient (Wildman–Crippen LogP) is 6.32. The number of likely N-dealkylation sites (tertiary alicyclic amines) is 1. The van der Waals surface area contributed by atoms with Gasteiger partial charge in [-0.3, -0.25) is 4.79 Å². The van der Waals surface area contributed by atoms with Crippen LogP contribution in [-0.2, 0) is 4.79 Å². The number of likely N-dealkylation sites (N-methyl/N-ethyl adjacent to an activating group) is 1. The van der Waals surface area contributed by atoms with E-state index in [0.717, 1.165) is 53.0 Å². The van der Waals surface area contributed by atoms with Gasteiger partial charge in [-0.15, -0.1) is 0 Å². The molecule has 4 heteroatoms. The van der Waals surface area contributed by atoms with E-state index < -0.39 is 0 Å². The Bertz CT molecular complexity index is 990. The van der Waals surface area contributed by atoms with Gasteiger partial charge in [0.2, 0.25) is 5.91 Å². The first-order valence-electron chi connectivity index (χ1n) is 13.3. The number of allylic oxidation sites excluding steroid dienone is 1. The minimum Gasteiger partial charge on any atom is -0.457 e. The smallest absolute Gasteiger partial charge is 0.232 e. The topological polar surface area (TPSA) is 38.3 Å². The molecule has 2 aromatic rings. The Labute approximate surface area is 204 Å². The molecule has 3 aliphatic rings. The second kappa shape index (κ2) is 10.4. The third kappa shape index (κ3) is 5.22. The van der Waals surface area contributed by atoms with Crippen LogP contribution in [0, 0.1) is 0 Å². The van der Waals surface area contributed by atoms with Gasteiger partial charge in [0.1, 0.15) is 18.0 Å². The van der Waals surface area contributed by atoms with Crippen molar-refractivity contribution in [3.05, 3.63) is 71.3 Å². The van der Waals surface area contributed by atoms with E-state index in [1.54, 1.807) is 5.57 Å². The quantitative estimate of drug-likeness (QED) is 0.429. The molecule has 180 valence electrons. The first-order valence-corrected chi connectivity index (χ1v) is 13.3. The van der Waals surface area contributed by atoms with Crippen molar-refractivity contribution in [2.24, 2.45) is 0 Å². The number of rotatable bonds is 4. The van der Waals surface area contributed by atoms with Crippen molar-refractivity contribution in [2.75, 3.05) is 26.7 Å². The van der Waals surface area contributed by atoms with Gasteiger partial charge in [-0.1, -0.05) is 61.7 Å². The molecule has 0 atom stereocenters. The number of carbonyl (C=O) groups is 1. The minimum absolute atomic E-state index is 0.100. The van der Waals surface area contributed by atoms with Crippen LogP contribution in [-0.4, -0.2) is 43.1 Å². The number of ether oxygens (including phenoxy) is 1. The summed E-state index contributed by atoms with van der Waals surface area (Å²) < 4.78 is 7.20. The molecule has 4 nitrogen and oxygen atoms in total. The molecular weight excluding hydrogens is 420 g/mol. The van der Waals surface area contributed by atoms with E-state index >= 15 is 0 Å². The van der Waals surface area contributed by atoms with Crippen molar-refractivity contribution in [2.45, 2.75) is 69.7 Å². The van der Waals surface area contributed by atoms with Gasteiger partial charge in [0.25, 0.3) is 0 Å². The average molecular weight is 460 g/mol. The Morgan fingerprint density at radius 3 is 2.24 bits per heavy atom. The maximum Gasteiger partial charge on any atom is 0.232 e. The number of para-hydroxylation sites is 2. The third-order valence-electron chi connectivity index (χ3n) is 8.04. The highest BCUT2D eigenvalue weighted by Crippen LogP contribution is 2.44. The highest BCUT2D eigenvalue weighted by atomic mass is 16.5. The van der Waals surface area contributed by atoms with E-state index in [0.29, 0.717) is 0 Å². The first kappa shape index (κ1) is 23.2. The van der Waals surface area contributed by atoms with Crippen molar-refractivity contribution >= 4 is 5.91 Å². The number of fused-ring (bicyclic) bond motifs is 2. The summed E-state index contributed by atoms with van der Waals surface area (Å²) >= 11 is 0. The Kier molecular flexibility index (Phi) is 7.05. The molecule has 2 aliphatic heterocycles. The fraction of sp³-hybridized carbons (Fsp3) is 0.500. The first-order chi connectivity index (χ1) is 16.6. The molecule has 0 radical (unpaired) electrons. The van der Waals surface area contributed by atoms with Gasteiger partial charge in [-0.25, -0.2) is 0 Å². The normalized spacial score (nSPS) is 25.4. The number of nitrogens with zero attached hydrogens (tertiary/aromatic N) is 1. The van der Waals surface area contributed by atoms with Crippen LogP contribution in [0.3, 0.4) is 0 Å². The van der Waals surface area contributed by atoms with E-state index in [2.05, 4.69) is 18.4 Å². The molecule has 34 heavy (non-hydrogen) atoms. The maximum atomic E-state index is 13.6.